The number of carbonyl (C=O) groups is 1. The van der Waals surface area contributed by atoms with Crippen molar-refractivity contribution in [3.05, 3.63) is 48.5 Å². The molecular formula is C19H23ClN4O2. The highest BCUT2D eigenvalue weighted by Crippen LogP contribution is 2.30. The van der Waals surface area contributed by atoms with Crippen LogP contribution in [-0.2, 0) is 4.79 Å². The number of nitrogens with two attached hydrogens (primary N) is 1. The molecule has 0 spiro atoms. The Kier molecular flexibility index (Phi) is 6.23. The highest BCUT2D eigenvalue weighted by molar-refractivity contribution is 5.94. The standard InChI is InChI=1S/C19H22N4O2.ClH/c1-12(13(2)20)18(24)22-19-21-14-8-4-5-9-15(14)23(19)16-10-6-7-11-17(16)25-3;/h4-13H,20H2,1-3H3,(H,21,22,24);1H. The van der Waals surface area contributed by atoms with Crippen LogP contribution < -0.4 is 15.8 Å². The van der Waals surface area contributed by atoms with E-state index in [0.29, 0.717) is 11.7 Å². The zero-order chi connectivity index (χ0) is 18.0. The molecule has 0 bridgehead atoms. The van der Waals surface area contributed by atoms with Crippen molar-refractivity contribution in [2.75, 3.05) is 12.4 Å². The molecule has 1 heterocycles. The second-order valence-corrected chi connectivity index (χ2v) is 6.07. The van der Waals surface area contributed by atoms with Gasteiger partial charge in [-0.2, -0.15) is 0 Å². The number of nitrogens with one attached hydrogen (secondary N) is 1. The van der Waals surface area contributed by atoms with Gasteiger partial charge in [-0.15, -0.1) is 12.4 Å². The third kappa shape index (κ3) is 3.66. The van der Waals surface area contributed by atoms with Gasteiger partial charge in [0.1, 0.15) is 5.75 Å². The summed E-state index contributed by atoms with van der Waals surface area (Å²) in [6, 6.07) is 15.1. The van der Waals surface area contributed by atoms with Crippen LogP contribution in [0.2, 0.25) is 0 Å². The SMILES string of the molecule is COc1ccccc1-n1c(NC(=O)C(C)C(C)N)nc2ccccc21.Cl. The van der Waals surface area contributed by atoms with Gasteiger partial charge < -0.3 is 10.5 Å². The van der Waals surface area contributed by atoms with Crippen LogP contribution in [0.25, 0.3) is 16.7 Å². The fourth-order valence-corrected chi connectivity index (χ4v) is 2.63. The molecule has 138 valence electrons. The number of hydrogen-bond donors (Lipinski definition) is 2. The molecule has 0 radical (unpaired) electrons. The lowest BCUT2D eigenvalue weighted by Gasteiger charge is -2.17. The number of aromatic nitrogens is 2. The van der Waals surface area contributed by atoms with E-state index in [4.69, 9.17) is 10.5 Å². The smallest absolute Gasteiger partial charge is 0.231 e. The van der Waals surface area contributed by atoms with Gasteiger partial charge in [0, 0.05) is 6.04 Å². The second-order valence-electron chi connectivity index (χ2n) is 6.07. The number of ether oxygens (including phenoxy) is 1. The fraction of sp³-hybridized carbons (Fsp3) is 0.263. The first kappa shape index (κ1) is 19.8. The number of benzene rings is 2. The molecule has 0 saturated heterocycles. The molecule has 2 unspecified atom stereocenters. The van der Waals surface area contributed by atoms with Crippen LogP contribution in [-0.4, -0.2) is 28.6 Å². The summed E-state index contributed by atoms with van der Waals surface area (Å²) in [7, 11) is 1.62. The summed E-state index contributed by atoms with van der Waals surface area (Å²) in [5.41, 5.74) is 8.33. The molecule has 6 nitrogen and oxygen atoms in total. The Hall–Kier alpha value is -2.57. The number of anilines is 1. The molecule has 1 aromatic heterocycles. The molecule has 0 aliphatic carbocycles. The molecule has 0 aliphatic heterocycles. The molecule has 0 fully saturated rings. The van der Waals surface area contributed by atoms with Crippen molar-refractivity contribution in [3.63, 3.8) is 0 Å². The first-order chi connectivity index (χ1) is 12.0. The van der Waals surface area contributed by atoms with E-state index >= 15 is 0 Å². The summed E-state index contributed by atoms with van der Waals surface area (Å²) in [6.45, 7) is 3.61. The highest BCUT2D eigenvalue weighted by atomic mass is 35.5. The van der Waals surface area contributed by atoms with Gasteiger partial charge in [-0.25, -0.2) is 4.98 Å². The molecule has 3 rings (SSSR count). The number of carbonyl (C=O) groups excluding carboxylic acids is 1. The largest absolute Gasteiger partial charge is 0.495 e. The fourth-order valence-electron chi connectivity index (χ4n) is 2.63. The van der Waals surface area contributed by atoms with E-state index in [0.717, 1.165) is 16.7 Å². The van der Waals surface area contributed by atoms with E-state index in [1.807, 2.05) is 60.0 Å². The van der Waals surface area contributed by atoms with Crippen LogP contribution in [0.5, 0.6) is 5.75 Å². The zero-order valence-corrected chi connectivity index (χ0v) is 15.8. The minimum atomic E-state index is -0.328. The van der Waals surface area contributed by atoms with E-state index in [2.05, 4.69) is 10.3 Å². The summed E-state index contributed by atoms with van der Waals surface area (Å²) >= 11 is 0. The predicted molar refractivity (Wildman–Crippen MR) is 106 cm³/mol. The summed E-state index contributed by atoms with van der Waals surface area (Å²) < 4.78 is 7.37. The average molecular weight is 375 g/mol. The molecule has 26 heavy (non-hydrogen) atoms. The number of fused-ring (bicyclic) bond motifs is 1. The van der Waals surface area contributed by atoms with E-state index in [1.165, 1.54) is 0 Å². The van der Waals surface area contributed by atoms with Crippen molar-refractivity contribution in [2.24, 2.45) is 11.7 Å². The van der Waals surface area contributed by atoms with Crippen LogP contribution in [0.1, 0.15) is 13.8 Å². The minimum Gasteiger partial charge on any atom is -0.495 e. The molecule has 3 aromatic rings. The first-order valence-electron chi connectivity index (χ1n) is 8.20. The molecule has 1 amide bonds. The van der Waals surface area contributed by atoms with Crippen molar-refractivity contribution in [1.29, 1.82) is 0 Å². The molecule has 0 aliphatic rings. The number of halogens is 1. The second kappa shape index (κ2) is 8.21. The predicted octanol–water partition coefficient (Wildman–Crippen LogP) is 3.38. The maximum absolute atomic E-state index is 12.5. The number of nitrogens with zero attached hydrogens (tertiary/aromatic N) is 2. The van der Waals surface area contributed by atoms with Crippen LogP contribution in [0.15, 0.2) is 48.5 Å². The lowest BCUT2D eigenvalue weighted by molar-refractivity contribution is -0.119. The first-order valence-corrected chi connectivity index (χ1v) is 8.20. The average Bonchev–Trinajstić information content (AvgIpc) is 2.98. The third-order valence-electron chi connectivity index (χ3n) is 4.32. The van der Waals surface area contributed by atoms with Gasteiger partial charge in [0.25, 0.3) is 0 Å². The Morgan fingerprint density at radius 3 is 2.50 bits per heavy atom. The summed E-state index contributed by atoms with van der Waals surface area (Å²) in [4.78, 5) is 17.1. The van der Waals surface area contributed by atoms with E-state index < -0.39 is 0 Å². The Bertz CT molecular complexity index is 907. The van der Waals surface area contributed by atoms with E-state index in [-0.39, 0.29) is 30.3 Å². The maximum atomic E-state index is 12.5. The lowest BCUT2D eigenvalue weighted by Crippen LogP contribution is -2.34. The zero-order valence-electron chi connectivity index (χ0n) is 15.0. The Morgan fingerprint density at radius 2 is 1.81 bits per heavy atom. The lowest BCUT2D eigenvalue weighted by atomic mass is 10.0. The Morgan fingerprint density at radius 1 is 1.15 bits per heavy atom. The van der Waals surface area contributed by atoms with Crippen molar-refractivity contribution < 1.29 is 9.53 Å². The van der Waals surface area contributed by atoms with E-state index in [1.54, 1.807) is 14.0 Å². The maximum Gasteiger partial charge on any atom is 0.231 e. The molecule has 0 saturated carbocycles. The van der Waals surface area contributed by atoms with Crippen molar-refractivity contribution >= 4 is 35.3 Å². The molecule has 3 N–H and O–H groups in total. The third-order valence-corrected chi connectivity index (χ3v) is 4.32. The van der Waals surface area contributed by atoms with Gasteiger partial charge in [-0.05, 0) is 31.2 Å². The Labute approximate surface area is 158 Å². The Balaban J connectivity index is 0.00000243. The van der Waals surface area contributed by atoms with Crippen LogP contribution >= 0.6 is 12.4 Å². The van der Waals surface area contributed by atoms with Crippen LogP contribution in [0.3, 0.4) is 0 Å². The number of para-hydroxylation sites is 4. The van der Waals surface area contributed by atoms with Gasteiger partial charge in [0.2, 0.25) is 11.9 Å². The van der Waals surface area contributed by atoms with Gasteiger partial charge in [-0.1, -0.05) is 31.2 Å². The van der Waals surface area contributed by atoms with Crippen molar-refractivity contribution in [2.45, 2.75) is 19.9 Å². The number of rotatable bonds is 5. The summed E-state index contributed by atoms with van der Waals surface area (Å²) in [6.07, 6.45) is 0. The van der Waals surface area contributed by atoms with Crippen LogP contribution in [0.4, 0.5) is 5.95 Å². The minimum absolute atomic E-state index is 0. The molecule has 2 atom stereocenters. The number of amides is 1. The normalized spacial score (nSPS) is 12.9. The number of imidazole rings is 1. The van der Waals surface area contributed by atoms with Crippen LogP contribution in [0, 0.1) is 5.92 Å². The van der Waals surface area contributed by atoms with Gasteiger partial charge >= 0.3 is 0 Å². The van der Waals surface area contributed by atoms with Crippen molar-refractivity contribution in [3.8, 4) is 11.4 Å². The molecule has 2 aromatic carbocycles. The topological polar surface area (TPSA) is 82.2 Å². The molecular weight excluding hydrogens is 352 g/mol. The number of methoxy groups -OCH3 is 1. The number of hydrogen-bond acceptors (Lipinski definition) is 4. The van der Waals surface area contributed by atoms with Gasteiger partial charge in [0.05, 0.1) is 29.7 Å². The monoisotopic (exact) mass is 374 g/mol. The van der Waals surface area contributed by atoms with Gasteiger partial charge in [0.15, 0.2) is 0 Å². The highest BCUT2D eigenvalue weighted by Gasteiger charge is 2.21. The van der Waals surface area contributed by atoms with Crippen molar-refractivity contribution in [1.82, 2.24) is 9.55 Å². The summed E-state index contributed by atoms with van der Waals surface area (Å²) in [5, 5.41) is 2.91. The van der Waals surface area contributed by atoms with E-state index in [9.17, 15) is 4.79 Å². The molecule has 7 heteroatoms. The van der Waals surface area contributed by atoms with Gasteiger partial charge in [-0.3, -0.25) is 14.7 Å². The quantitative estimate of drug-likeness (QED) is 0.717. The summed E-state index contributed by atoms with van der Waals surface area (Å²) in [5.74, 6) is 0.650.